The van der Waals surface area contributed by atoms with Crippen LogP contribution in [0, 0.1) is 0 Å². The van der Waals surface area contributed by atoms with Crippen molar-refractivity contribution in [3.63, 3.8) is 0 Å². The molecular formula is C17H11F2N5O2. The molecule has 4 rings (SSSR count). The third kappa shape index (κ3) is 3.32. The minimum atomic E-state index is -2.82. The number of fused-ring (bicyclic) bond motifs is 1. The highest BCUT2D eigenvalue weighted by molar-refractivity contribution is 5.82. The van der Waals surface area contributed by atoms with Crippen LogP contribution >= 0.6 is 0 Å². The maximum atomic E-state index is 12.5. The largest absolute Gasteiger partial charge is 0.486 e. The van der Waals surface area contributed by atoms with Crippen LogP contribution in [0.1, 0.15) is 18.1 Å². The Hall–Kier alpha value is -3.49. The lowest BCUT2D eigenvalue weighted by molar-refractivity contribution is 0.116. The van der Waals surface area contributed by atoms with Crippen molar-refractivity contribution in [1.82, 2.24) is 25.1 Å². The number of alkyl halides is 2. The molecule has 0 N–H and O–H groups in total. The molecule has 0 aliphatic rings. The summed E-state index contributed by atoms with van der Waals surface area (Å²) in [5.74, 6) is 0.307. The van der Waals surface area contributed by atoms with Crippen molar-refractivity contribution < 1.29 is 17.9 Å². The van der Waals surface area contributed by atoms with Crippen molar-refractivity contribution in [2.24, 2.45) is 0 Å². The van der Waals surface area contributed by atoms with E-state index < -0.39 is 12.3 Å². The fourth-order valence-corrected chi connectivity index (χ4v) is 2.28. The number of halogens is 2. The molecule has 0 unspecified atom stereocenters. The molecule has 0 spiro atoms. The Bertz CT molecular complexity index is 1040. The normalized spacial score (nSPS) is 11.2. The molecular weight excluding hydrogens is 344 g/mol. The maximum Gasteiger partial charge on any atom is 0.314 e. The van der Waals surface area contributed by atoms with E-state index in [-0.39, 0.29) is 12.5 Å². The Morgan fingerprint density at radius 1 is 1.00 bits per heavy atom. The second kappa shape index (κ2) is 6.79. The van der Waals surface area contributed by atoms with Crippen molar-refractivity contribution in [3.8, 4) is 17.2 Å². The lowest BCUT2D eigenvalue weighted by atomic mass is 10.2. The van der Waals surface area contributed by atoms with E-state index in [1.54, 1.807) is 12.4 Å². The smallest absolute Gasteiger partial charge is 0.314 e. The van der Waals surface area contributed by atoms with E-state index in [2.05, 4.69) is 25.1 Å². The molecule has 4 aromatic rings. The van der Waals surface area contributed by atoms with Crippen LogP contribution < -0.4 is 4.74 Å². The zero-order valence-electron chi connectivity index (χ0n) is 13.2. The van der Waals surface area contributed by atoms with Crippen LogP contribution in [0.2, 0.25) is 0 Å². The van der Waals surface area contributed by atoms with Gasteiger partial charge in [-0.05, 0) is 29.7 Å². The number of benzene rings is 1. The van der Waals surface area contributed by atoms with Gasteiger partial charge in [-0.3, -0.25) is 4.98 Å². The molecule has 0 atom stereocenters. The fraction of sp³-hybridized carbons (Fsp3) is 0.118. The average molecular weight is 355 g/mol. The summed E-state index contributed by atoms with van der Waals surface area (Å²) in [4.78, 5) is 12.3. The molecule has 0 aliphatic carbocycles. The topological polar surface area (TPSA) is 86.8 Å². The van der Waals surface area contributed by atoms with Crippen LogP contribution in [0.25, 0.3) is 22.2 Å². The van der Waals surface area contributed by atoms with Crippen molar-refractivity contribution in [2.45, 2.75) is 13.0 Å². The Morgan fingerprint density at radius 2 is 1.85 bits per heavy atom. The summed E-state index contributed by atoms with van der Waals surface area (Å²) in [6.45, 7) is 0.156. The molecule has 130 valence electrons. The molecule has 0 saturated carbocycles. The van der Waals surface area contributed by atoms with Gasteiger partial charge in [0, 0.05) is 30.2 Å². The van der Waals surface area contributed by atoms with E-state index in [1.807, 2.05) is 24.3 Å². The summed E-state index contributed by atoms with van der Waals surface area (Å²) in [5, 5.41) is 8.84. The summed E-state index contributed by atoms with van der Waals surface area (Å²) in [5.41, 5.74) is 0.353. The number of pyridine rings is 1. The molecule has 0 aliphatic heterocycles. The quantitative estimate of drug-likeness (QED) is 0.540. The first kappa shape index (κ1) is 16.0. The molecule has 0 bridgehead atoms. The van der Waals surface area contributed by atoms with Gasteiger partial charge < -0.3 is 9.15 Å². The predicted molar refractivity (Wildman–Crippen MR) is 86.4 cm³/mol. The Morgan fingerprint density at radius 3 is 2.62 bits per heavy atom. The summed E-state index contributed by atoms with van der Waals surface area (Å²) >= 11 is 0. The average Bonchev–Trinajstić information content (AvgIpc) is 3.17. The van der Waals surface area contributed by atoms with E-state index >= 15 is 0 Å². The van der Waals surface area contributed by atoms with Crippen LogP contribution in [0.5, 0.6) is 5.75 Å². The van der Waals surface area contributed by atoms with Gasteiger partial charge in [0.1, 0.15) is 12.4 Å². The minimum Gasteiger partial charge on any atom is -0.486 e. The first-order chi connectivity index (χ1) is 12.7. The predicted octanol–water partition coefficient (Wildman–Crippen LogP) is 3.59. The maximum absolute atomic E-state index is 12.5. The van der Waals surface area contributed by atoms with Crippen LogP contribution in [-0.4, -0.2) is 25.1 Å². The lowest BCUT2D eigenvalue weighted by Crippen LogP contribution is -2.01. The molecule has 0 saturated heterocycles. The van der Waals surface area contributed by atoms with Crippen molar-refractivity contribution in [2.75, 3.05) is 0 Å². The summed E-state index contributed by atoms with van der Waals surface area (Å²) < 4.78 is 35.5. The highest BCUT2D eigenvalue weighted by Gasteiger charge is 2.17. The Balaban J connectivity index is 1.44. The second-order valence-electron chi connectivity index (χ2n) is 5.31. The minimum absolute atomic E-state index is 0.0593. The van der Waals surface area contributed by atoms with Crippen molar-refractivity contribution in [1.29, 1.82) is 0 Å². The molecule has 0 amide bonds. The number of ether oxygens (including phenoxy) is 1. The van der Waals surface area contributed by atoms with Gasteiger partial charge in [0.05, 0.1) is 5.56 Å². The fourth-order valence-electron chi connectivity index (χ4n) is 2.28. The lowest BCUT2D eigenvalue weighted by Gasteiger charge is -2.06. The van der Waals surface area contributed by atoms with E-state index in [0.717, 1.165) is 10.8 Å². The van der Waals surface area contributed by atoms with Crippen molar-refractivity contribution in [3.05, 3.63) is 60.8 Å². The van der Waals surface area contributed by atoms with Crippen molar-refractivity contribution >= 4 is 10.8 Å². The number of aromatic nitrogens is 5. The molecule has 0 radical (unpaired) electrons. The van der Waals surface area contributed by atoms with Crippen LogP contribution in [0.4, 0.5) is 8.78 Å². The highest BCUT2D eigenvalue weighted by Crippen LogP contribution is 2.23. The van der Waals surface area contributed by atoms with Gasteiger partial charge >= 0.3 is 6.43 Å². The standard InChI is InChI=1S/C17H11F2N5O2/c18-15(19)17-24-23-16(26-17)12-7-21-14(22-8-12)9-25-13-2-1-11-6-20-4-3-10(11)5-13/h1-8,15H,9H2. The molecule has 0 fully saturated rings. The molecule has 3 heterocycles. The monoisotopic (exact) mass is 355 g/mol. The second-order valence-corrected chi connectivity index (χ2v) is 5.31. The van der Waals surface area contributed by atoms with E-state index in [4.69, 9.17) is 9.15 Å². The van der Waals surface area contributed by atoms with E-state index in [9.17, 15) is 8.78 Å². The first-order valence-electron chi connectivity index (χ1n) is 7.58. The molecule has 7 nitrogen and oxygen atoms in total. The van der Waals surface area contributed by atoms with E-state index in [0.29, 0.717) is 17.1 Å². The van der Waals surface area contributed by atoms with Gasteiger partial charge in [0.2, 0.25) is 0 Å². The number of rotatable bonds is 5. The first-order valence-corrected chi connectivity index (χ1v) is 7.58. The van der Waals surface area contributed by atoms with Gasteiger partial charge in [-0.15, -0.1) is 10.2 Å². The SMILES string of the molecule is FC(F)c1nnc(-c2cnc(COc3ccc4cnccc4c3)nc2)o1. The van der Waals surface area contributed by atoms with Crippen LogP contribution in [0.3, 0.4) is 0 Å². The van der Waals surface area contributed by atoms with Gasteiger partial charge in [0.15, 0.2) is 5.82 Å². The third-order valence-electron chi connectivity index (χ3n) is 3.56. The number of hydrogen-bond acceptors (Lipinski definition) is 7. The number of nitrogens with zero attached hydrogens (tertiary/aromatic N) is 5. The highest BCUT2D eigenvalue weighted by atomic mass is 19.3. The number of hydrogen-bond donors (Lipinski definition) is 0. The van der Waals surface area contributed by atoms with Crippen LogP contribution in [-0.2, 0) is 6.61 Å². The van der Waals surface area contributed by atoms with Gasteiger partial charge in [-0.1, -0.05) is 0 Å². The third-order valence-corrected chi connectivity index (χ3v) is 3.56. The van der Waals surface area contributed by atoms with E-state index in [1.165, 1.54) is 12.4 Å². The molecule has 9 heteroatoms. The Labute approximate surface area is 145 Å². The molecule has 26 heavy (non-hydrogen) atoms. The summed E-state index contributed by atoms with van der Waals surface area (Å²) in [6.07, 6.45) is 3.51. The summed E-state index contributed by atoms with van der Waals surface area (Å²) in [7, 11) is 0. The molecule has 3 aromatic heterocycles. The van der Waals surface area contributed by atoms with Gasteiger partial charge in [0.25, 0.3) is 11.8 Å². The summed E-state index contributed by atoms with van der Waals surface area (Å²) in [6, 6.07) is 7.54. The van der Waals surface area contributed by atoms with Gasteiger partial charge in [-0.25, -0.2) is 9.97 Å². The zero-order chi connectivity index (χ0) is 17.9. The Kier molecular flexibility index (Phi) is 4.18. The van der Waals surface area contributed by atoms with Gasteiger partial charge in [-0.2, -0.15) is 8.78 Å². The van der Waals surface area contributed by atoms with Crippen LogP contribution in [0.15, 0.2) is 53.5 Å². The molecule has 1 aromatic carbocycles. The zero-order valence-corrected chi connectivity index (χ0v) is 13.2.